The maximum Gasteiger partial charge on any atom is 2.00 e. The van der Waals surface area contributed by atoms with Crippen LogP contribution in [-0.2, 0) is 39.2 Å². The molecule has 2 rings (SSSR count). The first kappa shape index (κ1) is 97.4. The van der Waals surface area contributed by atoms with Gasteiger partial charge in [-0.25, -0.2) is 36.0 Å². The number of allylic oxidation sites excluding steroid dienone is 4. The van der Waals surface area contributed by atoms with E-state index in [1.54, 1.807) is 0 Å². The first-order chi connectivity index (χ1) is 48.6. The number of carbonyl (C=O) groups is 4. The standard InChI is InChI=1S/2C42H70O7S.Ca/c2*1-3-5-7-9-11-13-15-17-19-21-23-25-27-29-31-35-48-41(43)39-34-33-38(50(45,46)47)37-40(39)42(44)49-36-32-30-28-26-24-22-20-18-16-14-12-10-8-6-4-2;/h2*3-4,33-34,37H,1-2,5-32,35-36H2,(H,45,46,47);/q;;+2/p-2. The molecule has 14 nitrogen and oxygen atoms in total. The molecular formula is C84H138CaO14S2. The van der Waals surface area contributed by atoms with Crippen molar-refractivity contribution >= 4 is 81.9 Å². The van der Waals surface area contributed by atoms with E-state index in [0.717, 1.165) is 139 Å². The molecule has 0 radical (unpaired) electrons. The first-order valence-corrected chi connectivity index (χ1v) is 42.8. The molecule has 0 spiro atoms. The molecule has 101 heavy (non-hydrogen) atoms. The Balaban J connectivity index is 0.00000196. The monoisotopic (exact) mass is 1470 g/mol. The molecule has 0 aliphatic carbocycles. The van der Waals surface area contributed by atoms with Crippen molar-refractivity contribution < 1.29 is 64.1 Å². The molecule has 0 aliphatic rings. The van der Waals surface area contributed by atoms with Crippen LogP contribution in [0.2, 0.25) is 0 Å². The Hall–Kier alpha value is -3.64. The Morgan fingerprint density at radius 1 is 0.257 bits per heavy atom. The summed E-state index contributed by atoms with van der Waals surface area (Å²) in [5.74, 6) is -3.11. The van der Waals surface area contributed by atoms with Crippen molar-refractivity contribution in [2.45, 2.75) is 369 Å². The first-order valence-electron chi connectivity index (χ1n) is 39.9. The SMILES string of the molecule is C=CCCCCCCCCCCCCCCCOC(=O)c1ccc(S(=O)(=O)[O-])cc1C(=O)OCCCCCCCCCCCCCCCC=C.C=CCCCCCCCCCCCCCCCOC(=O)c1ccc(S(=O)(=O)[O-])cc1C(=O)OCCCCCCCCCCCCCCCC=C.[Ca+2]. The van der Waals surface area contributed by atoms with Gasteiger partial charge in [-0.1, -0.05) is 307 Å². The molecule has 2 aromatic carbocycles. The van der Waals surface area contributed by atoms with E-state index in [9.17, 15) is 45.1 Å². The molecule has 0 unspecified atom stereocenters. The number of hydrogen-bond acceptors (Lipinski definition) is 14. The van der Waals surface area contributed by atoms with Crippen LogP contribution < -0.4 is 0 Å². The number of ether oxygens (including phenoxy) is 4. The van der Waals surface area contributed by atoms with Crippen LogP contribution in [0, 0.1) is 0 Å². The zero-order valence-electron chi connectivity index (χ0n) is 63.3. The Kier molecular flexibility index (Phi) is 66.9. The van der Waals surface area contributed by atoms with E-state index in [1.807, 2.05) is 24.3 Å². The van der Waals surface area contributed by atoms with Gasteiger partial charge in [0.2, 0.25) is 0 Å². The molecule has 0 saturated carbocycles. The normalized spacial score (nSPS) is 11.3. The van der Waals surface area contributed by atoms with Crippen LogP contribution in [0.25, 0.3) is 0 Å². The molecule has 2 aromatic rings. The molecule has 0 heterocycles. The summed E-state index contributed by atoms with van der Waals surface area (Å²) in [4.78, 5) is 50.3. The van der Waals surface area contributed by atoms with Crippen molar-refractivity contribution in [2.24, 2.45) is 0 Å². The van der Waals surface area contributed by atoms with E-state index in [1.165, 1.54) is 231 Å². The van der Waals surface area contributed by atoms with Crippen molar-refractivity contribution in [3.05, 3.63) is 109 Å². The Morgan fingerprint density at radius 2 is 0.406 bits per heavy atom. The quantitative estimate of drug-likeness (QED) is 0.0150. The van der Waals surface area contributed by atoms with Gasteiger partial charge in [0, 0.05) is 0 Å². The maximum absolute atomic E-state index is 12.9. The predicted octanol–water partition coefficient (Wildman–Crippen LogP) is 24.0. The second-order valence-corrected chi connectivity index (χ2v) is 30.3. The van der Waals surface area contributed by atoms with E-state index in [-0.39, 0.29) is 86.4 Å². The fourth-order valence-corrected chi connectivity index (χ4v) is 13.4. The summed E-state index contributed by atoms with van der Waals surface area (Å²) in [6.45, 7) is 15.8. The predicted molar refractivity (Wildman–Crippen MR) is 415 cm³/mol. The second-order valence-electron chi connectivity index (χ2n) is 27.6. The van der Waals surface area contributed by atoms with Gasteiger partial charge in [-0.2, -0.15) is 0 Å². The van der Waals surface area contributed by atoms with E-state index in [0.29, 0.717) is 25.7 Å². The van der Waals surface area contributed by atoms with Crippen LogP contribution in [-0.4, -0.2) is 114 Å². The van der Waals surface area contributed by atoms with Gasteiger partial charge in [-0.05, 0) is 113 Å². The molecular weight excluding hydrogens is 1340 g/mol. The fourth-order valence-electron chi connectivity index (χ4n) is 12.4. The molecule has 0 amide bonds. The van der Waals surface area contributed by atoms with E-state index >= 15 is 0 Å². The average Bonchev–Trinajstić information content (AvgIpc) is 0.819. The van der Waals surface area contributed by atoms with Gasteiger partial charge in [-0.15, -0.1) is 26.3 Å². The third-order valence-corrected chi connectivity index (χ3v) is 20.2. The van der Waals surface area contributed by atoms with Crippen LogP contribution >= 0.6 is 0 Å². The van der Waals surface area contributed by atoms with Crippen LogP contribution in [0.4, 0.5) is 0 Å². The van der Waals surface area contributed by atoms with Crippen LogP contribution in [0.5, 0.6) is 0 Å². The molecule has 17 heteroatoms. The fraction of sp³-hybridized carbons (Fsp3) is 0.714. The summed E-state index contributed by atoms with van der Waals surface area (Å²) in [5.41, 5.74) is -0.688. The maximum atomic E-state index is 12.9. The van der Waals surface area contributed by atoms with Crippen LogP contribution in [0.1, 0.15) is 401 Å². The Morgan fingerprint density at radius 3 is 0.564 bits per heavy atom. The van der Waals surface area contributed by atoms with Crippen LogP contribution in [0.15, 0.2) is 96.8 Å². The number of esters is 4. The third kappa shape index (κ3) is 57.3. The summed E-state index contributed by atoms with van der Waals surface area (Å²) in [6.07, 6.45) is 74.3. The molecule has 0 aliphatic heterocycles. The molecule has 0 aromatic heterocycles. The van der Waals surface area contributed by atoms with Crippen molar-refractivity contribution in [2.75, 3.05) is 26.4 Å². The topological polar surface area (TPSA) is 220 Å². The van der Waals surface area contributed by atoms with Gasteiger partial charge < -0.3 is 28.1 Å². The summed E-state index contributed by atoms with van der Waals surface area (Å²) < 4.78 is 91.3. The minimum Gasteiger partial charge on any atom is -0.744 e. The van der Waals surface area contributed by atoms with Gasteiger partial charge in [0.15, 0.2) is 0 Å². The Labute approximate surface area is 645 Å². The van der Waals surface area contributed by atoms with Crippen molar-refractivity contribution in [3.8, 4) is 0 Å². The molecule has 572 valence electrons. The zero-order chi connectivity index (χ0) is 73.1. The largest absolute Gasteiger partial charge is 2.00 e. The van der Waals surface area contributed by atoms with Gasteiger partial charge in [0.25, 0.3) is 0 Å². The zero-order valence-corrected chi connectivity index (χ0v) is 67.1. The number of benzene rings is 2. The molecule has 0 atom stereocenters. The van der Waals surface area contributed by atoms with Gasteiger partial charge in [0.05, 0.1) is 58.5 Å². The minimum atomic E-state index is -4.81. The number of rotatable bonds is 70. The van der Waals surface area contributed by atoms with Gasteiger partial charge >= 0.3 is 61.6 Å². The molecule has 0 fully saturated rings. The van der Waals surface area contributed by atoms with Crippen LogP contribution in [0.3, 0.4) is 0 Å². The summed E-state index contributed by atoms with van der Waals surface area (Å²) in [6, 6.07) is 6.24. The smallest absolute Gasteiger partial charge is 0.744 e. The van der Waals surface area contributed by atoms with E-state index in [4.69, 9.17) is 18.9 Å². The van der Waals surface area contributed by atoms with Gasteiger partial charge in [-0.3, -0.25) is 0 Å². The minimum absolute atomic E-state index is 0. The van der Waals surface area contributed by atoms with Crippen molar-refractivity contribution in [1.29, 1.82) is 0 Å². The van der Waals surface area contributed by atoms with E-state index < -0.39 is 53.9 Å². The number of unbranched alkanes of at least 4 members (excludes halogenated alkanes) is 52. The molecule has 0 N–H and O–H groups in total. The summed E-state index contributed by atoms with van der Waals surface area (Å²) >= 11 is 0. The van der Waals surface area contributed by atoms with Crippen molar-refractivity contribution in [3.63, 3.8) is 0 Å². The van der Waals surface area contributed by atoms with Gasteiger partial charge in [0.1, 0.15) is 20.2 Å². The second kappa shape index (κ2) is 69.4. The number of hydrogen-bond donors (Lipinski definition) is 0. The molecule has 0 bridgehead atoms. The Bertz CT molecular complexity index is 2480. The van der Waals surface area contributed by atoms with Crippen molar-refractivity contribution in [1.82, 2.24) is 0 Å². The average molecular weight is 1480 g/mol. The summed E-state index contributed by atoms with van der Waals surface area (Å²) in [5, 5.41) is 0. The number of carbonyl (C=O) groups excluding carboxylic acids is 4. The van der Waals surface area contributed by atoms with E-state index in [2.05, 4.69) is 26.3 Å². The summed E-state index contributed by atoms with van der Waals surface area (Å²) in [7, 11) is -9.63. The third-order valence-electron chi connectivity index (χ3n) is 18.6. The molecule has 0 saturated heterocycles.